The molecule has 0 bridgehead atoms. The lowest BCUT2D eigenvalue weighted by molar-refractivity contribution is -0.141. The van der Waals surface area contributed by atoms with Crippen molar-refractivity contribution in [3.05, 3.63) is 29.3 Å². The summed E-state index contributed by atoms with van der Waals surface area (Å²) in [6.45, 7) is 0.620. The van der Waals surface area contributed by atoms with Crippen molar-refractivity contribution in [2.24, 2.45) is 0 Å². The van der Waals surface area contributed by atoms with Crippen LogP contribution >= 0.6 is 0 Å². The van der Waals surface area contributed by atoms with Gasteiger partial charge in [0.2, 0.25) is 0 Å². The Balaban J connectivity index is 2.30. The van der Waals surface area contributed by atoms with E-state index in [4.69, 9.17) is 0 Å². The molecule has 0 unspecified atom stereocenters. The average Bonchev–Trinajstić information content (AvgIpc) is 3.18. The number of carbonyl (C=O) groups is 1. The van der Waals surface area contributed by atoms with Crippen molar-refractivity contribution >= 4 is 11.6 Å². The summed E-state index contributed by atoms with van der Waals surface area (Å²) >= 11 is 0. The molecule has 0 aliphatic heterocycles. The van der Waals surface area contributed by atoms with Crippen molar-refractivity contribution in [1.29, 1.82) is 0 Å². The Morgan fingerprint density at radius 1 is 1.40 bits per heavy atom. The Hall–Kier alpha value is -1.72. The number of nitrogens with zero attached hydrogens (tertiary/aromatic N) is 1. The number of hydrogen-bond donors (Lipinski definition) is 1. The summed E-state index contributed by atoms with van der Waals surface area (Å²) in [5.41, 5.74) is 1.69. The van der Waals surface area contributed by atoms with Gasteiger partial charge in [0, 0.05) is 18.8 Å². The summed E-state index contributed by atoms with van der Waals surface area (Å²) in [6.07, 6.45) is -3.09. The number of carbonyl (C=O) groups excluding carboxylic acids is 1. The molecular formula is C14H17F3N2O. The van der Waals surface area contributed by atoms with Crippen LogP contribution < -0.4 is 5.32 Å². The third-order valence-electron chi connectivity index (χ3n) is 3.27. The first-order valence-corrected chi connectivity index (χ1v) is 6.48. The van der Waals surface area contributed by atoms with E-state index < -0.39 is 18.6 Å². The Bertz CT molecular complexity index is 510. The van der Waals surface area contributed by atoms with E-state index in [2.05, 4.69) is 5.32 Å². The molecule has 3 nitrogen and oxygen atoms in total. The zero-order chi connectivity index (χ0) is 14.9. The number of anilines is 1. The number of alkyl halides is 3. The monoisotopic (exact) mass is 286 g/mol. The van der Waals surface area contributed by atoms with Gasteiger partial charge in [-0.3, -0.25) is 4.79 Å². The third-order valence-corrected chi connectivity index (χ3v) is 3.27. The van der Waals surface area contributed by atoms with Crippen LogP contribution in [0.1, 0.15) is 28.8 Å². The maximum Gasteiger partial charge on any atom is 0.406 e. The largest absolute Gasteiger partial charge is 0.406 e. The third kappa shape index (κ3) is 3.43. The lowest BCUT2D eigenvalue weighted by atomic mass is 10.1. The van der Waals surface area contributed by atoms with Crippen molar-refractivity contribution in [2.45, 2.75) is 32.0 Å². The fraction of sp³-hybridized carbons (Fsp3) is 0.500. The average molecular weight is 286 g/mol. The highest BCUT2D eigenvalue weighted by molar-refractivity contribution is 6.00. The summed E-state index contributed by atoms with van der Waals surface area (Å²) in [6, 6.07) is 4.86. The topological polar surface area (TPSA) is 32.3 Å². The number of hydrogen-bond acceptors (Lipinski definition) is 2. The summed E-state index contributed by atoms with van der Waals surface area (Å²) in [5, 5.41) is 2.85. The molecule has 1 aromatic rings. The van der Waals surface area contributed by atoms with Crippen LogP contribution in [0.5, 0.6) is 0 Å². The second-order valence-electron chi connectivity index (χ2n) is 5.08. The number of halogens is 3. The zero-order valence-corrected chi connectivity index (χ0v) is 11.4. The molecule has 1 amide bonds. The molecule has 0 spiro atoms. The molecule has 6 heteroatoms. The van der Waals surface area contributed by atoms with Crippen molar-refractivity contribution in [1.82, 2.24) is 4.90 Å². The highest BCUT2D eigenvalue weighted by atomic mass is 19.4. The van der Waals surface area contributed by atoms with E-state index in [1.807, 2.05) is 6.07 Å². The van der Waals surface area contributed by atoms with Crippen LogP contribution in [0.15, 0.2) is 18.2 Å². The lowest BCUT2D eigenvalue weighted by Gasteiger charge is -2.25. The molecule has 2 rings (SSSR count). The van der Waals surface area contributed by atoms with Gasteiger partial charge in [0.15, 0.2) is 0 Å². The van der Waals surface area contributed by atoms with Crippen molar-refractivity contribution in [3.63, 3.8) is 0 Å². The van der Waals surface area contributed by atoms with Crippen LogP contribution in [0.4, 0.5) is 18.9 Å². The second-order valence-corrected chi connectivity index (χ2v) is 5.08. The number of benzene rings is 1. The quantitative estimate of drug-likeness (QED) is 0.922. The van der Waals surface area contributed by atoms with Gasteiger partial charge in [0.25, 0.3) is 5.91 Å². The number of nitrogens with one attached hydrogen (secondary N) is 1. The van der Waals surface area contributed by atoms with E-state index in [-0.39, 0.29) is 6.04 Å². The Labute approximate surface area is 115 Å². The van der Waals surface area contributed by atoms with E-state index >= 15 is 0 Å². The first kappa shape index (κ1) is 14.7. The van der Waals surface area contributed by atoms with Crippen LogP contribution in [0.2, 0.25) is 0 Å². The minimum Gasteiger partial charge on any atom is -0.387 e. The predicted molar refractivity (Wildman–Crippen MR) is 70.8 cm³/mol. The standard InChI is InChI=1S/C14H17F3N2O/c1-9-3-6-12(18-2)11(7-9)13(20)19(10-4-5-10)8-14(15,16)17/h3,6-7,10,18H,4-5,8H2,1-2H3. The molecule has 0 aromatic heterocycles. The van der Waals surface area contributed by atoms with Crippen molar-refractivity contribution in [3.8, 4) is 0 Å². The fourth-order valence-corrected chi connectivity index (χ4v) is 2.15. The van der Waals surface area contributed by atoms with Gasteiger partial charge in [0.05, 0.1) is 5.56 Å². The zero-order valence-electron chi connectivity index (χ0n) is 11.4. The van der Waals surface area contributed by atoms with E-state index in [0.29, 0.717) is 24.1 Å². The second kappa shape index (κ2) is 5.34. The molecular weight excluding hydrogens is 269 g/mol. The smallest absolute Gasteiger partial charge is 0.387 e. The molecule has 1 aliphatic carbocycles. The Morgan fingerprint density at radius 3 is 2.55 bits per heavy atom. The number of aryl methyl sites for hydroxylation is 1. The molecule has 1 aromatic carbocycles. The molecule has 20 heavy (non-hydrogen) atoms. The number of rotatable bonds is 4. The maximum atomic E-state index is 12.6. The van der Waals surface area contributed by atoms with Crippen molar-refractivity contribution < 1.29 is 18.0 Å². The van der Waals surface area contributed by atoms with Gasteiger partial charge in [-0.2, -0.15) is 13.2 Å². The molecule has 110 valence electrons. The highest BCUT2D eigenvalue weighted by Gasteiger charge is 2.41. The summed E-state index contributed by atoms with van der Waals surface area (Å²) in [5.74, 6) is -0.558. The molecule has 0 saturated heterocycles. The first-order chi connectivity index (χ1) is 9.31. The van der Waals surface area contributed by atoms with E-state index in [0.717, 1.165) is 10.5 Å². The van der Waals surface area contributed by atoms with Gasteiger partial charge in [-0.1, -0.05) is 11.6 Å². The SMILES string of the molecule is CNc1ccc(C)cc1C(=O)N(CC(F)(F)F)C1CC1. The Kier molecular flexibility index (Phi) is 3.92. The van der Waals surface area contributed by atoms with Gasteiger partial charge in [-0.25, -0.2) is 0 Å². The summed E-state index contributed by atoms with van der Waals surface area (Å²) < 4.78 is 37.9. The molecule has 1 saturated carbocycles. The van der Waals surface area contributed by atoms with Gasteiger partial charge in [0.1, 0.15) is 6.54 Å². The molecule has 0 radical (unpaired) electrons. The Morgan fingerprint density at radius 2 is 2.05 bits per heavy atom. The first-order valence-electron chi connectivity index (χ1n) is 6.48. The van der Waals surface area contributed by atoms with Crippen LogP contribution in [-0.2, 0) is 0 Å². The van der Waals surface area contributed by atoms with Gasteiger partial charge in [-0.05, 0) is 31.9 Å². The minimum atomic E-state index is -4.37. The molecule has 1 N–H and O–H groups in total. The van der Waals surface area contributed by atoms with Crippen molar-refractivity contribution in [2.75, 3.05) is 18.9 Å². The maximum absolute atomic E-state index is 12.6. The predicted octanol–water partition coefficient (Wildman–Crippen LogP) is 3.20. The van der Waals surface area contributed by atoms with Gasteiger partial charge < -0.3 is 10.2 Å². The molecule has 0 atom stereocenters. The summed E-state index contributed by atoms with van der Waals surface area (Å²) in [7, 11) is 1.65. The van der Waals surface area contributed by atoms with Crippen LogP contribution in [0, 0.1) is 6.92 Å². The van der Waals surface area contributed by atoms with E-state index in [1.165, 1.54) is 0 Å². The number of amides is 1. The molecule has 0 heterocycles. The summed E-state index contributed by atoms with van der Waals surface area (Å²) in [4.78, 5) is 13.4. The van der Waals surface area contributed by atoms with Crippen LogP contribution in [0.3, 0.4) is 0 Å². The molecule has 1 aliphatic rings. The van der Waals surface area contributed by atoms with Gasteiger partial charge >= 0.3 is 6.18 Å². The van der Waals surface area contributed by atoms with E-state index in [1.54, 1.807) is 26.1 Å². The van der Waals surface area contributed by atoms with Gasteiger partial charge in [-0.15, -0.1) is 0 Å². The molecule has 1 fully saturated rings. The van der Waals surface area contributed by atoms with Crippen LogP contribution in [0.25, 0.3) is 0 Å². The fourth-order valence-electron chi connectivity index (χ4n) is 2.15. The highest BCUT2D eigenvalue weighted by Crippen LogP contribution is 2.32. The minimum absolute atomic E-state index is 0.283. The normalized spacial score (nSPS) is 15.1. The van der Waals surface area contributed by atoms with E-state index in [9.17, 15) is 18.0 Å². The van der Waals surface area contributed by atoms with Crippen LogP contribution in [-0.4, -0.2) is 36.6 Å². The lowest BCUT2D eigenvalue weighted by Crippen LogP contribution is -2.40.